The standard InChI is InChI=1S/C16H15FN2O5S/c17-14-5-4-12(9-13(14)16(20)21)25(22,23)19-8-6-11(10-19)24-15-3-1-2-7-18-15/h1-5,7,9,11H,6,8,10H2,(H,20,21). The van der Waals surface area contributed by atoms with Gasteiger partial charge in [-0.15, -0.1) is 0 Å². The SMILES string of the molecule is O=C(O)c1cc(S(=O)(=O)N2CCC(Oc3ccccn3)C2)ccc1F. The predicted molar refractivity (Wildman–Crippen MR) is 85.4 cm³/mol. The Balaban J connectivity index is 1.77. The van der Waals surface area contributed by atoms with Crippen LogP contribution in [0.5, 0.6) is 5.88 Å². The van der Waals surface area contributed by atoms with Crippen LogP contribution < -0.4 is 4.74 Å². The summed E-state index contributed by atoms with van der Waals surface area (Å²) < 4.78 is 45.6. The molecule has 1 fully saturated rings. The van der Waals surface area contributed by atoms with Crippen molar-refractivity contribution in [3.8, 4) is 5.88 Å². The summed E-state index contributed by atoms with van der Waals surface area (Å²) in [4.78, 5) is 14.8. The molecule has 3 rings (SSSR count). The van der Waals surface area contributed by atoms with E-state index in [2.05, 4.69) is 4.98 Å². The van der Waals surface area contributed by atoms with Crippen LogP contribution in [0.2, 0.25) is 0 Å². The topological polar surface area (TPSA) is 96.8 Å². The van der Waals surface area contributed by atoms with Crippen LogP contribution in [0.15, 0.2) is 47.5 Å². The van der Waals surface area contributed by atoms with E-state index in [1.165, 1.54) is 4.31 Å². The van der Waals surface area contributed by atoms with Gasteiger partial charge >= 0.3 is 5.97 Å². The van der Waals surface area contributed by atoms with E-state index in [0.29, 0.717) is 12.3 Å². The fourth-order valence-corrected chi connectivity index (χ4v) is 4.09. The molecule has 1 saturated heterocycles. The molecule has 9 heteroatoms. The van der Waals surface area contributed by atoms with Crippen molar-refractivity contribution in [1.82, 2.24) is 9.29 Å². The van der Waals surface area contributed by atoms with Crippen molar-refractivity contribution in [2.24, 2.45) is 0 Å². The van der Waals surface area contributed by atoms with Crippen molar-refractivity contribution in [2.45, 2.75) is 17.4 Å². The van der Waals surface area contributed by atoms with Crippen molar-refractivity contribution in [3.05, 3.63) is 54.0 Å². The number of halogens is 1. The minimum Gasteiger partial charge on any atom is -0.478 e. The first-order valence-corrected chi connectivity index (χ1v) is 8.92. The summed E-state index contributed by atoms with van der Waals surface area (Å²) in [6, 6.07) is 7.92. The average Bonchev–Trinajstić information content (AvgIpc) is 3.05. The summed E-state index contributed by atoms with van der Waals surface area (Å²) in [5, 5.41) is 8.95. The second kappa shape index (κ2) is 6.77. The van der Waals surface area contributed by atoms with Crippen molar-refractivity contribution in [1.29, 1.82) is 0 Å². The molecule has 0 spiro atoms. The zero-order valence-corrected chi connectivity index (χ0v) is 13.8. The van der Waals surface area contributed by atoms with Crippen LogP contribution in [0.1, 0.15) is 16.8 Å². The number of hydrogen-bond acceptors (Lipinski definition) is 5. The first kappa shape index (κ1) is 17.3. The van der Waals surface area contributed by atoms with Crippen molar-refractivity contribution in [3.63, 3.8) is 0 Å². The van der Waals surface area contributed by atoms with Gasteiger partial charge in [-0.1, -0.05) is 6.07 Å². The van der Waals surface area contributed by atoms with E-state index in [9.17, 15) is 17.6 Å². The number of carboxylic acid groups (broad SMARTS) is 1. The highest BCUT2D eigenvalue weighted by atomic mass is 32.2. The second-order valence-corrected chi connectivity index (χ2v) is 7.44. The van der Waals surface area contributed by atoms with Crippen molar-refractivity contribution < 1.29 is 27.4 Å². The van der Waals surface area contributed by atoms with Gasteiger partial charge in [0.05, 0.1) is 17.0 Å². The van der Waals surface area contributed by atoms with Gasteiger partial charge in [0, 0.05) is 18.8 Å². The molecular weight excluding hydrogens is 351 g/mol. The average molecular weight is 366 g/mol. The molecule has 1 aliphatic heterocycles. The van der Waals surface area contributed by atoms with Gasteiger partial charge in [0.25, 0.3) is 0 Å². The first-order valence-electron chi connectivity index (χ1n) is 7.48. The Morgan fingerprint density at radius 2 is 2.12 bits per heavy atom. The third-order valence-corrected chi connectivity index (χ3v) is 5.70. The molecule has 2 heterocycles. The molecule has 0 aliphatic carbocycles. The van der Waals surface area contributed by atoms with Gasteiger partial charge < -0.3 is 9.84 Å². The Labute approximate surface area is 143 Å². The largest absolute Gasteiger partial charge is 0.478 e. The number of rotatable bonds is 5. The lowest BCUT2D eigenvalue weighted by atomic mass is 10.2. The van der Waals surface area contributed by atoms with E-state index >= 15 is 0 Å². The predicted octanol–water partition coefficient (Wildman–Crippen LogP) is 1.76. The van der Waals surface area contributed by atoms with E-state index in [1.54, 1.807) is 24.4 Å². The molecule has 7 nitrogen and oxygen atoms in total. The number of carboxylic acids is 1. The van der Waals surface area contributed by atoms with Crippen molar-refractivity contribution >= 4 is 16.0 Å². The molecule has 0 radical (unpaired) electrons. The maximum absolute atomic E-state index is 13.5. The minimum absolute atomic E-state index is 0.110. The lowest BCUT2D eigenvalue weighted by Gasteiger charge is -2.17. The molecule has 1 atom stereocenters. The summed E-state index contributed by atoms with van der Waals surface area (Å²) in [6.45, 7) is 0.332. The molecule has 1 unspecified atom stereocenters. The molecule has 0 bridgehead atoms. The van der Waals surface area contributed by atoms with Crippen molar-refractivity contribution in [2.75, 3.05) is 13.1 Å². The summed E-state index contributed by atoms with van der Waals surface area (Å²) >= 11 is 0. The molecule has 2 aromatic rings. The quantitative estimate of drug-likeness (QED) is 0.866. The number of aromatic carboxylic acids is 1. The summed E-state index contributed by atoms with van der Waals surface area (Å²) in [5.74, 6) is -2.10. The molecule has 0 saturated carbocycles. The first-order chi connectivity index (χ1) is 11.9. The van der Waals surface area contributed by atoms with Crippen LogP contribution >= 0.6 is 0 Å². The Morgan fingerprint density at radius 1 is 1.32 bits per heavy atom. The Hall–Kier alpha value is -2.52. The molecule has 1 N–H and O–H groups in total. The molecular formula is C16H15FN2O5S. The highest BCUT2D eigenvalue weighted by Crippen LogP contribution is 2.25. The maximum atomic E-state index is 13.5. The summed E-state index contributed by atoms with van der Waals surface area (Å²) in [5.41, 5.74) is -0.679. The zero-order valence-electron chi connectivity index (χ0n) is 13.0. The minimum atomic E-state index is -3.93. The number of carbonyl (C=O) groups is 1. The van der Waals surface area contributed by atoms with Gasteiger partial charge in [0.1, 0.15) is 11.9 Å². The lowest BCUT2D eigenvalue weighted by Crippen LogP contribution is -2.31. The van der Waals surface area contributed by atoms with Crippen LogP contribution in [0.25, 0.3) is 0 Å². The lowest BCUT2D eigenvalue weighted by molar-refractivity contribution is 0.0691. The van der Waals surface area contributed by atoms with E-state index in [-0.39, 0.29) is 24.1 Å². The molecule has 132 valence electrons. The number of ether oxygens (including phenoxy) is 1. The Kier molecular flexibility index (Phi) is 4.69. The van der Waals surface area contributed by atoms with Gasteiger partial charge in [-0.05, 0) is 30.7 Å². The number of hydrogen-bond donors (Lipinski definition) is 1. The highest BCUT2D eigenvalue weighted by molar-refractivity contribution is 7.89. The normalized spacial score (nSPS) is 18.2. The van der Waals surface area contributed by atoms with E-state index in [4.69, 9.17) is 9.84 Å². The molecule has 1 aliphatic rings. The molecule has 25 heavy (non-hydrogen) atoms. The third kappa shape index (κ3) is 3.62. The molecule has 1 aromatic heterocycles. The Bertz CT molecular complexity index is 889. The smallest absolute Gasteiger partial charge is 0.338 e. The number of pyridine rings is 1. The van der Waals surface area contributed by atoms with Crippen LogP contribution in [0.4, 0.5) is 4.39 Å². The fraction of sp³-hybridized carbons (Fsp3) is 0.250. The number of benzene rings is 1. The summed E-state index contributed by atoms with van der Waals surface area (Å²) in [7, 11) is -3.93. The van der Waals surface area contributed by atoms with E-state index in [1.807, 2.05) is 0 Å². The van der Waals surface area contributed by atoms with Crippen LogP contribution in [0, 0.1) is 5.82 Å². The van der Waals surface area contributed by atoms with Gasteiger partial charge in [0.2, 0.25) is 15.9 Å². The van der Waals surface area contributed by atoms with Gasteiger partial charge in [-0.25, -0.2) is 22.6 Å². The number of aromatic nitrogens is 1. The fourth-order valence-electron chi connectivity index (χ4n) is 2.58. The maximum Gasteiger partial charge on any atom is 0.338 e. The van der Waals surface area contributed by atoms with Gasteiger partial charge in [-0.2, -0.15) is 4.31 Å². The van der Waals surface area contributed by atoms with Gasteiger partial charge in [-0.3, -0.25) is 0 Å². The van der Waals surface area contributed by atoms with E-state index < -0.39 is 27.4 Å². The molecule has 1 aromatic carbocycles. The van der Waals surface area contributed by atoms with Gasteiger partial charge in [0.15, 0.2) is 0 Å². The second-order valence-electron chi connectivity index (χ2n) is 5.51. The molecule has 0 amide bonds. The van der Waals surface area contributed by atoms with E-state index in [0.717, 1.165) is 18.2 Å². The summed E-state index contributed by atoms with van der Waals surface area (Å²) in [6.07, 6.45) is 1.69. The Morgan fingerprint density at radius 3 is 2.80 bits per heavy atom. The number of nitrogens with zero attached hydrogens (tertiary/aromatic N) is 2. The number of sulfonamides is 1. The monoisotopic (exact) mass is 366 g/mol. The zero-order chi connectivity index (χ0) is 18.0. The third-order valence-electron chi connectivity index (χ3n) is 3.84. The van der Waals surface area contributed by atoms with Crippen LogP contribution in [-0.2, 0) is 10.0 Å². The highest BCUT2D eigenvalue weighted by Gasteiger charge is 2.34. The van der Waals surface area contributed by atoms with Crippen LogP contribution in [0.3, 0.4) is 0 Å². The van der Waals surface area contributed by atoms with Crippen LogP contribution in [-0.4, -0.2) is 48.0 Å².